The number of pyridine rings is 1. The van der Waals surface area contributed by atoms with E-state index in [0.717, 1.165) is 0 Å². The van der Waals surface area contributed by atoms with Crippen molar-refractivity contribution < 1.29 is 4.79 Å². The standard InChI is InChI=1S/C9H5Cl3N4O/c10-5-1-6(11)9(15-7(5)12)16-3-4(2-14-16)8(13)17/h1-3H,(H2,13,17). The molecule has 0 bridgehead atoms. The van der Waals surface area contributed by atoms with Crippen LogP contribution in [-0.4, -0.2) is 20.7 Å². The number of aromatic nitrogens is 3. The lowest BCUT2D eigenvalue weighted by atomic mass is 10.3. The number of rotatable bonds is 2. The largest absolute Gasteiger partial charge is 0.366 e. The summed E-state index contributed by atoms with van der Waals surface area (Å²) in [4.78, 5) is 14.9. The van der Waals surface area contributed by atoms with E-state index in [0.29, 0.717) is 0 Å². The van der Waals surface area contributed by atoms with Crippen molar-refractivity contribution >= 4 is 40.7 Å². The van der Waals surface area contributed by atoms with Gasteiger partial charge in [0, 0.05) is 6.20 Å². The van der Waals surface area contributed by atoms with E-state index in [1.54, 1.807) is 0 Å². The molecule has 2 N–H and O–H groups in total. The van der Waals surface area contributed by atoms with Crippen molar-refractivity contribution in [3.8, 4) is 5.82 Å². The zero-order valence-electron chi connectivity index (χ0n) is 8.19. The molecule has 2 aromatic rings. The first-order valence-electron chi connectivity index (χ1n) is 4.35. The van der Waals surface area contributed by atoms with Gasteiger partial charge in [-0.15, -0.1) is 0 Å². The van der Waals surface area contributed by atoms with Gasteiger partial charge in [-0.3, -0.25) is 4.79 Å². The van der Waals surface area contributed by atoms with Gasteiger partial charge in [0.25, 0.3) is 5.91 Å². The van der Waals surface area contributed by atoms with Gasteiger partial charge in [-0.1, -0.05) is 34.8 Å². The number of nitrogens with two attached hydrogens (primary N) is 1. The second-order valence-corrected chi connectivity index (χ2v) is 4.28. The normalized spacial score (nSPS) is 10.5. The first-order valence-corrected chi connectivity index (χ1v) is 5.49. The van der Waals surface area contributed by atoms with E-state index in [-0.39, 0.29) is 26.6 Å². The van der Waals surface area contributed by atoms with Crippen LogP contribution in [-0.2, 0) is 0 Å². The number of carbonyl (C=O) groups is 1. The summed E-state index contributed by atoms with van der Waals surface area (Å²) < 4.78 is 1.30. The van der Waals surface area contributed by atoms with Crippen LogP contribution in [0.15, 0.2) is 18.5 Å². The number of hydrogen-bond acceptors (Lipinski definition) is 3. The van der Waals surface area contributed by atoms with Crippen molar-refractivity contribution in [3.05, 3.63) is 39.2 Å². The van der Waals surface area contributed by atoms with Gasteiger partial charge >= 0.3 is 0 Å². The molecule has 0 fully saturated rings. The molecule has 0 aliphatic carbocycles. The molecular weight excluding hydrogens is 286 g/mol. The second kappa shape index (κ2) is 4.52. The molecule has 0 unspecified atom stereocenters. The summed E-state index contributed by atoms with van der Waals surface area (Å²) in [5.41, 5.74) is 5.35. The number of nitrogens with zero attached hydrogens (tertiary/aromatic N) is 3. The Morgan fingerprint density at radius 2 is 2.00 bits per heavy atom. The lowest BCUT2D eigenvalue weighted by Gasteiger charge is -2.04. The number of primary amides is 1. The Bertz CT molecular complexity index is 596. The number of hydrogen-bond donors (Lipinski definition) is 1. The number of carbonyl (C=O) groups excluding carboxylic acids is 1. The fourth-order valence-electron chi connectivity index (χ4n) is 1.16. The highest BCUT2D eigenvalue weighted by atomic mass is 35.5. The Morgan fingerprint density at radius 3 is 2.59 bits per heavy atom. The Morgan fingerprint density at radius 1 is 1.29 bits per heavy atom. The van der Waals surface area contributed by atoms with Crippen LogP contribution in [0.1, 0.15) is 10.4 Å². The minimum atomic E-state index is -0.590. The fraction of sp³-hybridized carbons (Fsp3) is 0. The topological polar surface area (TPSA) is 73.8 Å². The van der Waals surface area contributed by atoms with Crippen LogP contribution < -0.4 is 5.73 Å². The summed E-state index contributed by atoms with van der Waals surface area (Å²) in [5, 5.41) is 4.51. The third-order valence-corrected chi connectivity index (χ3v) is 2.90. The lowest BCUT2D eigenvalue weighted by Crippen LogP contribution is -2.09. The molecule has 2 aromatic heterocycles. The van der Waals surface area contributed by atoms with Gasteiger partial charge in [-0.25, -0.2) is 9.67 Å². The molecule has 0 spiro atoms. The van der Waals surface area contributed by atoms with E-state index >= 15 is 0 Å². The monoisotopic (exact) mass is 290 g/mol. The van der Waals surface area contributed by atoms with Crippen LogP contribution >= 0.6 is 34.8 Å². The Hall–Kier alpha value is -1.30. The molecule has 1 amide bonds. The Balaban J connectivity index is 2.52. The summed E-state index contributed by atoms with van der Waals surface area (Å²) in [7, 11) is 0. The molecule has 8 heteroatoms. The molecule has 88 valence electrons. The molecule has 0 atom stereocenters. The Labute approximate surface area is 111 Å². The van der Waals surface area contributed by atoms with E-state index < -0.39 is 5.91 Å². The van der Waals surface area contributed by atoms with Crippen molar-refractivity contribution in [1.82, 2.24) is 14.8 Å². The van der Waals surface area contributed by atoms with Gasteiger partial charge in [0.1, 0.15) is 5.15 Å². The summed E-state index contributed by atoms with van der Waals surface area (Å²) in [6.07, 6.45) is 2.71. The average molecular weight is 292 g/mol. The summed E-state index contributed by atoms with van der Waals surface area (Å²) in [6.45, 7) is 0. The molecule has 0 saturated heterocycles. The van der Waals surface area contributed by atoms with Gasteiger partial charge in [0.05, 0.1) is 21.8 Å². The molecule has 0 saturated carbocycles. The van der Waals surface area contributed by atoms with Crippen LogP contribution in [0.3, 0.4) is 0 Å². The van der Waals surface area contributed by atoms with Crippen molar-refractivity contribution in [3.63, 3.8) is 0 Å². The molecule has 17 heavy (non-hydrogen) atoms. The second-order valence-electron chi connectivity index (χ2n) is 3.10. The molecule has 0 aromatic carbocycles. The van der Waals surface area contributed by atoms with Crippen LogP contribution in [0.4, 0.5) is 0 Å². The van der Waals surface area contributed by atoms with Gasteiger partial charge in [0.15, 0.2) is 5.82 Å². The van der Waals surface area contributed by atoms with Gasteiger partial charge in [-0.05, 0) is 6.07 Å². The van der Waals surface area contributed by atoms with Crippen LogP contribution in [0.5, 0.6) is 0 Å². The molecule has 0 radical (unpaired) electrons. The van der Waals surface area contributed by atoms with E-state index in [4.69, 9.17) is 40.5 Å². The third-order valence-electron chi connectivity index (χ3n) is 1.95. The predicted octanol–water partition coefficient (Wildman–Crippen LogP) is 2.33. The number of amides is 1. The first-order chi connectivity index (χ1) is 7.99. The quantitative estimate of drug-likeness (QED) is 0.863. The van der Waals surface area contributed by atoms with E-state index in [9.17, 15) is 4.79 Å². The fourth-order valence-corrected chi connectivity index (χ4v) is 1.74. The van der Waals surface area contributed by atoms with Crippen molar-refractivity contribution in [2.24, 2.45) is 5.73 Å². The smallest absolute Gasteiger partial charge is 0.251 e. The summed E-state index contributed by atoms with van der Waals surface area (Å²) in [5.74, 6) is -0.319. The highest BCUT2D eigenvalue weighted by molar-refractivity contribution is 6.42. The third kappa shape index (κ3) is 2.36. The van der Waals surface area contributed by atoms with Crippen molar-refractivity contribution in [2.45, 2.75) is 0 Å². The van der Waals surface area contributed by atoms with Gasteiger partial charge in [0.2, 0.25) is 0 Å². The molecule has 5 nitrogen and oxygen atoms in total. The van der Waals surface area contributed by atoms with E-state index in [1.165, 1.54) is 23.1 Å². The van der Waals surface area contributed by atoms with Crippen LogP contribution in [0, 0.1) is 0 Å². The van der Waals surface area contributed by atoms with Gasteiger partial charge in [-0.2, -0.15) is 5.10 Å². The summed E-state index contributed by atoms with van der Waals surface area (Å²) >= 11 is 17.5. The zero-order chi connectivity index (χ0) is 12.6. The SMILES string of the molecule is NC(=O)c1cnn(-c2nc(Cl)c(Cl)cc2Cl)c1. The maximum Gasteiger partial charge on any atom is 0.251 e. The average Bonchev–Trinajstić information content (AvgIpc) is 2.72. The summed E-state index contributed by atoms with van der Waals surface area (Å²) in [6, 6.07) is 1.44. The number of halogens is 3. The van der Waals surface area contributed by atoms with Crippen molar-refractivity contribution in [1.29, 1.82) is 0 Å². The minimum Gasteiger partial charge on any atom is -0.366 e. The maximum absolute atomic E-state index is 10.9. The zero-order valence-corrected chi connectivity index (χ0v) is 10.5. The Kier molecular flexibility index (Phi) is 3.24. The lowest BCUT2D eigenvalue weighted by molar-refractivity contribution is 0.100. The highest BCUT2D eigenvalue weighted by Crippen LogP contribution is 2.27. The van der Waals surface area contributed by atoms with Crippen LogP contribution in [0.2, 0.25) is 15.2 Å². The van der Waals surface area contributed by atoms with Gasteiger partial charge < -0.3 is 5.73 Å². The molecule has 2 rings (SSSR count). The molecule has 0 aliphatic heterocycles. The molecular formula is C9H5Cl3N4O. The highest BCUT2D eigenvalue weighted by Gasteiger charge is 2.12. The van der Waals surface area contributed by atoms with E-state index in [1.807, 2.05) is 0 Å². The van der Waals surface area contributed by atoms with E-state index in [2.05, 4.69) is 10.1 Å². The minimum absolute atomic E-state index is 0.0993. The molecule has 2 heterocycles. The maximum atomic E-state index is 10.9. The molecule has 0 aliphatic rings. The van der Waals surface area contributed by atoms with Crippen LogP contribution in [0.25, 0.3) is 5.82 Å². The van der Waals surface area contributed by atoms with Crippen molar-refractivity contribution in [2.75, 3.05) is 0 Å². The first kappa shape index (κ1) is 12.2. The predicted molar refractivity (Wildman–Crippen MR) is 64.9 cm³/mol.